The Morgan fingerprint density at radius 1 is 0.923 bits per heavy atom. The van der Waals surface area contributed by atoms with Crippen molar-refractivity contribution in [2.24, 2.45) is 0 Å². The summed E-state index contributed by atoms with van der Waals surface area (Å²) in [5.74, 6) is -0.209. The minimum atomic E-state index is -0.209. The summed E-state index contributed by atoms with van der Waals surface area (Å²) in [6.45, 7) is 0. The number of benzene rings is 2. The molecule has 0 aromatic heterocycles. The Morgan fingerprint density at radius 3 is 2.31 bits per heavy atom. The average molecular weight is 171 g/mol. The predicted molar refractivity (Wildman–Crippen MR) is 50.7 cm³/mol. The smallest absolute Gasteiger partial charge is 0.123 e. The van der Waals surface area contributed by atoms with Crippen LogP contribution in [0.15, 0.2) is 48.5 Å². The number of halogens is 1. The topological polar surface area (TPSA) is 0 Å². The van der Waals surface area contributed by atoms with E-state index in [0.717, 1.165) is 11.1 Å². The molecule has 0 nitrogen and oxygen atoms in total. The van der Waals surface area contributed by atoms with Crippen LogP contribution in [0.1, 0.15) is 0 Å². The number of hydrogen-bond donors (Lipinski definition) is 0. The van der Waals surface area contributed by atoms with Gasteiger partial charge in [0.15, 0.2) is 0 Å². The molecule has 0 aliphatic heterocycles. The maximum absolute atomic E-state index is 12.6. The molecule has 0 unspecified atom stereocenters. The first-order valence-corrected chi connectivity index (χ1v) is 4.09. The third-order valence-corrected chi connectivity index (χ3v) is 1.86. The molecule has 2 rings (SSSR count). The fraction of sp³-hybridized carbons (Fsp3) is 0. The predicted octanol–water partition coefficient (Wildman–Crippen LogP) is 3.29. The molecule has 0 aliphatic carbocycles. The zero-order chi connectivity index (χ0) is 9.10. The van der Waals surface area contributed by atoms with Crippen molar-refractivity contribution in [3.8, 4) is 11.1 Å². The Balaban J connectivity index is 2.42. The van der Waals surface area contributed by atoms with Crippen molar-refractivity contribution in [3.63, 3.8) is 0 Å². The molecule has 2 aromatic carbocycles. The van der Waals surface area contributed by atoms with Gasteiger partial charge in [0.2, 0.25) is 0 Å². The van der Waals surface area contributed by atoms with Crippen LogP contribution in [0.3, 0.4) is 0 Å². The van der Waals surface area contributed by atoms with E-state index >= 15 is 0 Å². The van der Waals surface area contributed by atoms with Crippen LogP contribution >= 0.6 is 0 Å². The third kappa shape index (κ3) is 1.75. The van der Waals surface area contributed by atoms with Crippen LogP contribution in [0.25, 0.3) is 11.1 Å². The molecule has 0 aliphatic rings. The second-order valence-electron chi connectivity index (χ2n) is 2.78. The van der Waals surface area contributed by atoms with Crippen molar-refractivity contribution in [1.82, 2.24) is 0 Å². The summed E-state index contributed by atoms with van der Waals surface area (Å²) in [4.78, 5) is 0. The summed E-state index contributed by atoms with van der Waals surface area (Å²) in [6.07, 6.45) is 0. The molecule has 0 bridgehead atoms. The average Bonchev–Trinajstić information content (AvgIpc) is 2.20. The van der Waals surface area contributed by atoms with E-state index < -0.39 is 0 Å². The summed E-state index contributed by atoms with van der Waals surface area (Å²) in [5, 5.41) is 0. The molecule has 1 heteroatoms. The van der Waals surface area contributed by atoms with E-state index in [2.05, 4.69) is 6.07 Å². The highest BCUT2D eigenvalue weighted by Crippen LogP contribution is 2.17. The lowest BCUT2D eigenvalue weighted by Crippen LogP contribution is -1.77. The van der Waals surface area contributed by atoms with Crippen molar-refractivity contribution in [3.05, 3.63) is 60.4 Å². The van der Waals surface area contributed by atoms with Gasteiger partial charge in [0.25, 0.3) is 0 Å². The van der Waals surface area contributed by atoms with Crippen molar-refractivity contribution in [2.75, 3.05) is 0 Å². The Labute approximate surface area is 76.7 Å². The zero-order valence-corrected chi connectivity index (χ0v) is 7.00. The number of rotatable bonds is 1. The highest BCUT2D eigenvalue weighted by atomic mass is 19.1. The van der Waals surface area contributed by atoms with Gasteiger partial charge in [0.1, 0.15) is 5.82 Å². The Morgan fingerprint density at radius 2 is 1.69 bits per heavy atom. The monoisotopic (exact) mass is 171 g/mol. The quantitative estimate of drug-likeness (QED) is 0.617. The Kier molecular flexibility index (Phi) is 2.09. The van der Waals surface area contributed by atoms with Crippen LogP contribution in [-0.2, 0) is 0 Å². The van der Waals surface area contributed by atoms with Gasteiger partial charge < -0.3 is 0 Å². The van der Waals surface area contributed by atoms with Crippen molar-refractivity contribution < 1.29 is 4.39 Å². The number of hydrogen-bond acceptors (Lipinski definition) is 0. The SMILES string of the molecule is Fc1ccc(-c2[c]cccc2)cc1. The molecule has 0 heterocycles. The molecule has 2 aromatic rings. The zero-order valence-electron chi connectivity index (χ0n) is 7.00. The first-order valence-electron chi connectivity index (χ1n) is 4.09. The normalized spacial score (nSPS) is 9.92. The lowest BCUT2D eigenvalue weighted by atomic mass is 10.1. The largest absolute Gasteiger partial charge is 0.207 e. The van der Waals surface area contributed by atoms with E-state index in [4.69, 9.17) is 0 Å². The lowest BCUT2D eigenvalue weighted by molar-refractivity contribution is 0.628. The van der Waals surface area contributed by atoms with Gasteiger partial charge in [-0.05, 0) is 29.3 Å². The van der Waals surface area contributed by atoms with Crippen molar-refractivity contribution in [1.29, 1.82) is 0 Å². The molecule has 0 amide bonds. The summed E-state index contributed by atoms with van der Waals surface area (Å²) in [6, 6.07) is 17.1. The molecular weight excluding hydrogens is 163 g/mol. The van der Waals surface area contributed by atoms with Crippen molar-refractivity contribution >= 4 is 0 Å². The van der Waals surface area contributed by atoms with Crippen molar-refractivity contribution in [2.45, 2.75) is 0 Å². The van der Waals surface area contributed by atoms with Crippen LogP contribution < -0.4 is 0 Å². The summed E-state index contributed by atoms with van der Waals surface area (Å²) in [7, 11) is 0. The van der Waals surface area contributed by atoms with Crippen LogP contribution in [0.5, 0.6) is 0 Å². The molecule has 63 valence electrons. The van der Waals surface area contributed by atoms with Gasteiger partial charge >= 0.3 is 0 Å². The highest BCUT2D eigenvalue weighted by Gasteiger charge is 1.95. The van der Waals surface area contributed by atoms with Crippen LogP contribution in [0, 0.1) is 11.9 Å². The van der Waals surface area contributed by atoms with E-state index in [0.29, 0.717) is 0 Å². The summed E-state index contributed by atoms with van der Waals surface area (Å²) in [5.41, 5.74) is 1.98. The maximum atomic E-state index is 12.6. The van der Waals surface area contributed by atoms with Crippen LogP contribution in [0.2, 0.25) is 0 Å². The van der Waals surface area contributed by atoms with Gasteiger partial charge in [-0.2, -0.15) is 0 Å². The minimum absolute atomic E-state index is 0.209. The van der Waals surface area contributed by atoms with E-state index in [-0.39, 0.29) is 5.82 Å². The Bertz CT molecular complexity index is 376. The fourth-order valence-corrected chi connectivity index (χ4v) is 1.20. The van der Waals surface area contributed by atoms with E-state index in [9.17, 15) is 4.39 Å². The molecule has 0 spiro atoms. The first-order chi connectivity index (χ1) is 6.36. The van der Waals surface area contributed by atoms with Gasteiger partial charge in [0.05, 0.1) is 0 Å². The molecule has 13 heavy (non-hydrogen) atoms. The maximum Gasteiger partial charge on any atom is 0.123 e. The van der Waals surface area contributed by atoms with Gasteiger partial charge in [0, 0.05) is 0 Å². The fourth-order valence-electron chi connectivity index (χ4n) is 1.20. The highest BCUT2D eigenvalue weighted by molar-refractivity contribution is 5.62. The van der Waals surface area contributed by atoms with E-state index in [1.807, 2.05) is 24.3 Å². The van der Waals surface area contributed by atoms with Gasteiger partial charge in [-0.15, -0.1) is 0 Å². The molecule has 0 atom stereocenters. The molecule has 0 N–H and O–H groups in total. The summed E-state index contributed by atoms with van der Waals surface area (Å²) >= 11 is 0. The second kappa shape index (κ2) is 3.40. The van der Waals surface area contributed by atoms with Crippen LogP contribution in [0.4, 0.5) is 4.39 Å². The molecule has 0 saturated carbocycles. The van der Waals surface area contributed by atoms with Crippen LogP contribution in [-0.4, -0.2) is 0 Å². The Hall–Kier alpha value is -1.63. The molecular formula is C12H8F. The van der Waals surface area contributed by atoms with Gasteiger partial charge in [-0.1, -0.05) is 36.4 Å². The van der Waals surface area contributed by atoms with Gasteiger partial charge in [-0.25, -0.2) is 4.39 Å². The molecule has 1 radical (unpaired) electrons. The van der Waals surface area contributed by atoms with Gasteiger partial charge in [-0.3, -0.25) is 0 Å². The molecule has 0 fully saturated rings. The first kappa shape index (κ1) is 7.99. The lowest BCUT2D eigenvalue weighted by Gasteiger charge is -1.99. The molecule has 0 saturated heterocycles. The standard InChI is InChI=1S/C12H8F/c13-12-8-6-11(7-9-12)10-4-2-1-3-5-10/h1-4,6-9H. The summed E-state index contributed by atoms with van der Waals surface area (Å²) < 4.78 is 12.6. The minimum Gasteiger partial charge on any atom is -0.207 e. The second-order valence-corrected chi connectivity index (χ2v) is 2.78. The van der Waals surface area contributed by atoms with E-state index in [1.54, 1.807) is 12.1 Å². The van der Waals surface area contributed by atoms with E-state index in [1.165, 1.54) is 12.1 Å². The third-order valence-electron chi connectivity index (χ3n) is 1.86.